The molecule has 8 nitrogen and oxygen atoms in total. The largest absolute Gasteiger partial charge is 0.483 e. The minimum absolute atomic E-state index is 0.00140. The van der Waals surface area contributed by atoms with Gasteiger partial charge in [-0.05, 0) is 44.2 Å². The van der Waals surface area contributed by atoms with Crippen LogP contribution in [-0.4, -0.2) is 58.3 Å². The van der Waals surface area contributed by atoms with Gasteiger partial charge in [0.25, 0.3) is 5.91 Å². The number of amides is 2. The summed E-state index contributed by atoms with van der Waals surface area (Å²) in [4.78, 5) is 38.2. The van der Waals surface area contributed by atoms with Crippen LogP contribution in [0.25, 0.3) is 0 Å². The number of carbonyl (C=O) groups excluding carboxylic acids is 2. The van der Waals surface area contributed by atoms with E-state index in [4.69, 9.17) is 14.7 Å². The number of ether oxygens (including phenoxy) is 1. The Morgan fingerprint density at radius 1 is 1.19 bits per heavy atom. The number of benzene rings is 1. The van der Waals surface area contributed by atoms with Gasteiger partial charge in [0.2, 0.25) is 5.91 Å². The van der Waals surface area contributed by atoms with Crippen LogP contribution in [0.2, 0.25) is 0 Å². The summed E-state index contributed by atoms with van der Waals surface area (Å²) >= 11 is 0. The number of nitrogens with zero attached hydrogens (tertiary/aromatic N) is 4. The van der Waals surface area contributed by atoms with E-state index in [1.54, 1.807) is 11.8 Å². The summed E-state index contributed by atoms with van der Waals surface area (Å²) in [5.41, 5.74) is 3.93. The predicted octanol–water partition coefficient (Wildman–Crippen LogP) is 2.78. The van der Waals surface area contributed by atoms with Crippen LogP contribution in [-0.2, 0) is 22.6 Å². The Morgan fingerprint density at radius 3 is 2.62 bits per heavy atom. The van der Waals surface area contributed by atoms with Gasteiger partial charge in [-0.25, -0.2) is 9.97 Å². The fourth-order valence-corrected chi connectivity index (χ4v) is 4.68. The molecule has 0 bridgehead atoms. The first-order valence-corrected chi connectivity index (χ1v) is 11.2. The number of fused-ring (bicyclic) bond motifs is 1. The zero-order chi connectivity index (χ0) is 22.8. The van der Waals surface area contributed by atoms with Crippen molar-refractivity contribution in [2.75, 3.05) is 32.1 Å². The van der Waals surface area contributed by atoms with Gasteiger partial charge in [0.1, 0.15) is 11.6 Å². The topological polar surface area (TPSA) is 87.7 Å². The Kier molecular flexibility index (Phi) is 6.30. The number of aromatic nitrogens is 2. The lowest BCUT2D eigenvalue weighted by molar-refractivity contribution is -0.134. The molecule has 1 N–H and O–H groups in total. The third-order valence-corrected chi connectivity index (χ3v) is 6.38. The lowest BCUT2D eigenvalue weighted by Gasteiger charge is -2.30. The van der Waals surface area contributed by atoms with Crippen LogP contribution >= 0.6 is 0 Å². The minimum atomic E-state index is -0.108. The first kappa shape index (κ1) is 22.0. The van der Waals surface area contributed by atoms with Gasteiger partial charge in [-0.15, -0.1) is 0 Å². The monoisotopic (exact) mass is 437 g/mol. The number of para-hydroxylation sites is 1. The van der Waals surface area contributed by atoms with E-state index in [9.17, 15) is 9.59 Å². The highest BCUT2D eigenvalue weighted by Gasteiger charge is 2.33. The SMILES string of the molecule is CNc1nc([C@H]2CCCN2C(C)=O)nc2c1CCN(C(=O)COc1c(C)cccc1C)C2. The molecule has 0 spiro atoms. The zero-order valence-corrected chi connectivity index (χ0v) is 19.3. The van der Waals surface area contributed by atoms with E-state index in [1.807, 2.05) is 44.0 Å². The molecule has 0 saturated carbocycles. The van der Waals surface area contributed by atoms with Gasteiger partial charge >= 0.3 is 0 Å². The van der Waals surface area contributed by atoms with Crippen molar-refractivity contribution in [2.24, 2.45) is 0 Å². The van der Waals surface area contributed by atoms with Crippen molar-refractivity contribution in [3.8, 4) is 5.75 Å². The third-order valence-electron chi connectivity index (χ3n) is 6.38. The number of carbonyl (C=O) groups is 2. The molecule has 2 aliphatic heterocycles. The molecule has 0 radical (unpaired) electrons. The van der Waals surface area contributed by atoms with Gasteiger partial charge in [-0.1, -0.05) is 18.2 Å². The molecule has 1 atom stereocenters. The first-order chi connectivity index (χ1) is 15.4. The van der Waals surface area contributed by atoms with Crippen molar-refractivity contribution < 1.29 is 14.3 Å². The quantitative estimate of drug-likeness (QED) is 0.774. The van der Waals surface area contributed by atoms with E-state index in [0.717, 1.165) is 53.3 Å². The Bertz CT molecular complexity index is 1020. The summed E-state index contributed by atoms with van der Waals surface area (Å²) in [5.74, 6) is 2.20. The van der Waals surface area contributed by atoms with E-state index in [1.165, 1.54) is 0 Å². The van der Waals surface area contributed by atoms with E-state index in [-0.39, 0.29) is 24.5 Å². The number of rotatable bonds is 5. The van der Waals surface area contributed by atoms with Gasteiger partial charge in [0.05, 0.1) is 18.3 Å². The van der Waals surface area contributed by atoms with E-state index in [2.05, 4.69) is 5.32 Å². The smallest absolute Gasteiger partial charge is 0.260 e. The molecule has 1 aromatic heterocycles. The number of anilines is 1. The number of hydrogen-bond acceptors (Lipinski definition) is 6. The maximum atomic E-state index is 12.9. The highest BCUT2D eigenvalue weighted by molar-refractivity contribution is 5.78. The number of hydrogen-bond donors (Lipinski definition) is 1. The molecule has 0 aliphatic carbocycles. The average molecular weight is 438 g/mol. The maximum Gasteiger partial charge on any atom is 0.260 e. The van der Waals surface area contributed by atoms with Crippen molar-refractivity contribution in [2.45, 2.75) is 52.6 Å². The van der Waals surface area contributed by atoms with Gasteiger partial charge in [-0.3, -0.25) is 9.59 Å². The number of nitrogens with one attached hydrogen (secondary N) is 1. The van der Waals surface area contributed by atoms with Crippen LogP contribution in [0.4, 0.5) is 5.82 Å². The molecular formula is C24H31N5O3. The van der Waals surface area contributed by atoms with E-state index in [0.29, 0.717) is 25.3 Å². The fraction of sp³-hybridized carbons (Fsp3) is 0.500. The van der Waals surface area contributed by atoms with Crippen molar-refractivity contribution in [1.82, 2.24) is 19.8 Å². The third kappa shape index (κ3) is 4.26. The molecule has 1 fully saturated rings. The molecule has 1 saturated heterocycles. The molecule has 4 rings (SSSR count). The second-order valence-electron chi connectivity index (χ2n) is 8.55. The van der Waals surface area contributed by atoms with Gasteiger partial charge in [0.15, 0.2) is 12.4 Å². The van der Waals surface area contributed by atoms with Crippen molar-refractivity contribution in [1.29, 1.82) is 0 Å². The molecule has 2 amide bonds. The number of aryl methyl sites for hydroxylation is 2. The summed E-state index contributed by atoms with van der Waals surface area (Å²) in [6.07, 6.45) is 2.48. The standard InChI is InChI=1S/C24H31N5O3/c1-15-7-5-8-16(2)22(15)32-14-21(31)28-12-10-18-19(13-28)26-24(27-23(18)25-4)20-9-6-11-29(20)17(3)30/h5,7-8,20H,6,9-14H2,1-4H3,(H,25,26,27)/t20-/m1/s1. The van der Waals surface area contributed by atoms with Crippen molar-refractivity contribution in [3.05, 3.63) is 46.4 Å². The second kappa shape index (κ2) is 9.14. The first-order valence-electron chi connectivity index (χ1n) is 11.2. The van der Waals surface area contributed by atoms with Crippen LogP contribution in [0.3, 0.4) is 0 Å². The summed E-state index contributed by atoms with van der Waals surface area (Å²) < 4.78 is 5.88. The summed E-state index contributed by atoms with van der Waals surface area (Å²) in [5, 5.41) is 3.18. The predicted molar refractivity (Wildman–Crippen MR) is 121 cm³/mol. The molecule has 3 heterocycles. The Hall–Kier alpha value is -3.16. The maximum absolute atomic E-state index is 12.9. The van der Waals surface area contributed by atoms with E-state index < -0.39 is 0 Å². The van der Waals surface area contributed by atoms with Gasteiger partial charge < -0.3 is 19.9 Å². The Balaban J connectivity index is 1.52. The van der Waals surface area contributed by atoms with Crippen LogP contribution in [0.5, 0.6) is 5.75 Å². The lowest BCUT2D eigenvalue weighted by Crippen LogP contribution is -2.40. The minimum Gasteiger partial charge on any atom is -0.483 e. The Morgan fingerprint density at radius 2 is 1.94 bits per heavy atom. The molecule has 8 heteroatoms. The van der Waals surface area contributed by atoms with Crippen LogP contribution in [0.15, 0.2) is 18.2 Å². The van der Waals surface area contributed by atoms with Crippen LogP contribution < -0.4 is 10.1 Å². The fourth-order valence-electron chi connectivity index (χ4n) is 4.68. The second-order valence-corrected chi connectivity index (χ2v) is 8.55. The van der Waals surface area contributed by atoms with Gasteiger partial charge in [-0.2, -0.15) is 0 Å². The molecule has 0 unspecified atom stereocenters. The average Bonchev–Trinajstić information content (AvgIpc) is 3.28. The molecule has 32 heavy (non-hydrogen) atoms. The lowest BCUT2D eigenvalue weighted by atomic mass is 10.0. The summed E-state index contributed by atoms with van der Waals surface area (Å²) in [6.45, 7) is 7.30. The summed E-state index contributed by atoms with van der Waals surface area (Å²) in [7, 11) is 1.85. The van der Waals surface area contributed by atoms with Crippen molar-refractivity contribution in [3.63, 3.8) is 0 Å². The van der Waals surface area contributed by atoms with Crippen LogP contribution in [0, 0.1) is 13.8 Å². The molecule has 1 aromatic carbocycles. The van der Waals surface area contributed by atoms with Gasteiger partial charge in [0, 0.05) is 32.6 Å². The highest BCUT2D eigenvalue weighted by Crippen LogP contribution is 2.33. The molecule has 170 valence electrons. The number of likely N-dealkylation sites (tertiary alicyclic amines) is 1. The zero-order valence-electron chi connectivity index (χ0n) is 19.3. The normalized spacial score (nSPS) is 17.8. The molecule has 2 aliphatic rings. The molecular weight excluding hydrogens is 406 g/mol. The van der Waals surface area contributed by atoms with Crippen molar-refractivity contribution >= 4 is 17.6 Å². The molecule has 2 aromatic rings. The van der Waals surface area contributed by atoms with E-state index >= 15 is 0 Å². The Labute approximate surface area is 189 Å². The summed E-state index contributed by atoms with van der Waals surface area (Å²) in [6, 6.07) is 5.84. The van der Waals surface area contributed by atoms with Crippen LogP contribution in [0.1, 0.15) is 54.0 Å². The highest BCUT2D eigenvalue weighted by atomic mass is 16.5.